The molecule has 0 fully saturated rings. The quantitative estimate of drug-likeness (QED) is 0.786. The fourth-order valence-corrected chi connectivity index (χ4v) is 2.03. The van der Waals surface area contributed by atoms with Gasteiger partial charge in [-0.05, 0) is 13.3 Å². The lowest BCUT2D eigenvalue weighted by Crippen LogP contribution is -2.36. The molecule has 0 spiro atoms. The van der Waals surface area contributed by atoms with Crippen molar-refractivity contribution in [1.29, 1.82) is 0 Å². The van der Waals surface area contributed by atoms with Gasteiger partial charge in [-0.2, -0.15) is 0 Å². The molecule has 0 saturated carbocycles. The molecule has 20 heavy (non-hydrogen) atoms. The molecule has 2 N–H and O–H groups in total. The van der Waals surface area contributed by atoms with Gasteiger partial charge in [-0.15, -0.1) is 0 Å². The van der Waals surface area contributed by atoms with Crippen LogP contribution in [0.5, 0.6) is 0 Å². The third-order valence-corrected chi connectivity index (χ3v) is 3.39. The number of rotatable bonds is 7. The zero-order chi connectivity index (χ0) is 15.3. The number of hydrogen-bond acceptors (Lipinski definition) is 4. The minimum Gasteiger partial charge on any atom is -0.368 e. The molecule has 1 rings (SSSR count). The number of anilines is 1. The van der Waals surface area contributed by atoms with Crippen LogP contribution < -0.4 is 10.6 Å². The predicted molar refractivity (Wildman–Crippen MR) is 82.2 cm³/mol. The van der Waals surface area contributed by atoms with E-state index in [0.717, 1.165) is 24.9 Å². The molecule has 0 bridgehead atoms. The molecule has 6 heteroatoms. The predicted octanol–water partition coefficient (Wildman–Crippen LogP) is 2.65. The summed E-state index contributed by atoms with van der Waals surface area (Å²) in [5.41, 5.74) is 6.12. The second-order valence-corrected chi connectivity index (χ2v) is 5.58. The molecule has 0 aliphatic heterocycles. The van der Waals surface area contributed by atoms with Gasteiger partial charge in [-0.3, -0.25) is 4.79 Å². The second kappa shape index (κ2) is 7.43. The van der Waals surface area contributed by atoms with Gasteiger partial charge in [0.2, 0.25) is 5.91 Å². The van der Waals surface area contributed by atoms with Gasteiger partial charge in [-0.1, -0.05) is 38.8 Å². The van der Waals surface area contributed by atoms with Crippen molar-refractivity contribution in [2.45, 2.75) is 46.5 Å². The molecule has 1 heterocycles. The van der Waals surface area contributed by atoms with Crippen LogP contribution in [0.4, 0.5) is 5.82 Å². The molecule has 0 aliphatic carbocycles. The highest BCUT2D eigenvalue weighted by molar-refractivity contribution is 6.30. The second-order valence-electron chi connectivity index (χ2n) is 5.22. The Balaban J connectivity index is 3.19. The Morgan fingerprint density at radius 3 is 2.55 bits per heavy atom. The standard InChI is InChI=1S/C14H23ClN4O/c1-5-6-7-19(8-11(16)20)14-10(4)12(15)17-13(18-14)9(2)3/h9H,5-8H2,1-4H3,(H2,16,20). The van der Waals surface area contributed by atoms with E-state index in [0.29, 0.717) is 16.8 Å². The maximum Gasteiger partial charge on any atom is 0.236 e. The first kappa shape index (κ1) is 16.7. The van der Waals surface area contributed by atoms with Gasteiger partial charge >= 0.3 is 0 Å². The summed E-state index contributed by atoms with van der Waals surface area (Å²) in [5, 5.41) is 0.435. The zero-order valence-electron chi connectivity index (χ0n) is 12.6. The number of halogens is 1. The SMILES string of the molecule is CCCCN(CC(N)=O)c1nc(C(C)C)nc(Cl)c1C. The van der Waals surface area contributed by atoms with Crippen LogP contribution in [0.25, 0.3) is 0 Å². The molecular weight excluding hydrogens is 276 g/mol. The van der Waals surface area contributed by atoms with E-state index in [4.69, 9.17) is 17.3 Å². The van der Waals surface area contributed by atoms with Crippen LogP contribution in [-0.4, -0.2) is 29.0 Å². The first-order chi connectivity index (χ1) is 9.36. The highest BCUT2D eigenvalue weighted by Gasteiger charge is 2.18. The maximum atomic E-state index is 11.3. The van der Waals surface area contributed by atoms with Gasteiger partial charge in [0.25, 0.3) is 0 Å². The van der Waals surface area contributed by atoms with Gasteiger partial charge in [0.1, 0.15) is 16.8 Å². The fraction of sp³-hybridized carbons (Fsp3) is 0.643. The monoisotopic (exact) mass is 298 g/mol. The number of carbonyl (C=O) groups excluding carboxylic acids is 1. The Morgan fingerprint density at radius 2 is 2.05 bits per heavy atom. The van der Waals surface area contributed by atoms with Crippen LogP contribution in [0.15, 0.2) is 0 Å². The molecular formula is C14H23ClN4O. The molecule has 0 aromatic carbocycles. The van der Waals surface area contributed by atoms with Crippen LogP contribution >= 0.6 is 11.6 Å². The Labute approximate surface area is 125 Å². The Morgan fingerprint density at radius 1 is 1.40 bits per heavy atom. The number of aromatic nitrogens is 2. The number of amides is 1. The molecule has 112 valence electrons. The van der Waals surface area contributed by atoms with Gasteiger partial charge in [0.05, 0.1) is 6.54 Å². The van der Waals surface area contributed by atoms with Crippen molar-refractivity contribution < 1.29 is 4.79 Å². The third-order valence-electron chi connectivity index (χ3n) is 3.02. The maximum absolute atomic E-state index is 11.3. The van der Waals surface area contributed by atoms with E-state index < -0.39 is 0 Å². The van der Waals surface area contributed by atoms with Gasteiger partial charge in [0, 0.05) is 18.0 Å². The van der Waals surface area contributed by atoms with Crippen molar-refractivity contribution in [3.8, 4) is 0 Å². The number of nitrogens with zero attached hydrogens (tertiary/aromatic N) is 3. The van der Waals surface area contributed by atoms with E-state index in [-0.39, 0.29) is 18.4 Å². The number of nitrogens with two attached hydrogens (primary N) is 1. The van der Waals surface area contributed by atoms with Crippen molar-refractivity contribution in [3.63, 3.8) is 0 Å². The van der Waals surface area contributed by atoms with Crippen LogP contribution in [0.1, 0.15) is 50.9 Å². The van der Waals surface area contributed by atoms with Gasteiger partial charge in [-0.25, -0.2) is 9.97 Å². The van der Waals surface area contributed by atoms with Crippen LogP contribution in [0, 0.1) is 6.92 Å². The number of unbranched alkanes of at least 4 members (excludes halogenated alkanes) is 1. The van der Waals surface area contributed by atoms with Crippen molar-refractivity contribution in [1.82, 2.24) is 9.97 Å². The Hall–Kier alpha value is -1.36. The molecule has 0 saturated heterocycles. The summed E-state index contributed by atoms with van der Waals surface area (Å²) in [5.74, 6) is 1.19. The van der Waals surface area contributed by atoms with Crippen molar-refractivity contribution >= 4 is 23.3 Å². The fourth-order valence-electron chi connectivity index (χ4n) is 1.86. The van der Waals surface area contributed by atoms with E-state index in [2.05, 4.69) is 16.9 Å². The van der Waals surface area contributed by atoms with Crippen molar-refractivity contribution in [2.75, 3.05) is 18.0 Å². The van der Waals surface area contributed by atoms with E-state index in [1.807, 2.05) is 25.7 Å². The third kappa shape index (κ3) is 4.34. The molecule has 1 aromatic heterocycles. The summed E-state index contributed by atoms with van der Waals surface area (Å²) in [7, 11) is 0. The first-order valence-electron chi connectivity index (χ1n) is 6.94. The van der Waals surface area contributed by atoms with E-state index in [1.54, 1.807) is 0 Å². The minimum absolute atomic E-state index is 0.145. The smallest absolute Gasteiger partial charge is 0.236 e. The summed E-state index contributed by atoms with van der Waals surface area (Å²) in [6, 6.07) is 0. The number of primary amides is 1. The van der Waals surface area contributed by atoms with E-state index >= 15 is 0 Å². The Bertz CT molecular complexity index is 476. The molecule has 0 unspecified atom stereocenters. The highest BCUT2D eigenvalue weighted by Crippen LogP contribution is 2.26. The van der Waals surface area contributed by atoms with Crippen LogP contribution in [-0.2, 0) is 4.79 Å². The lowest BCUT2D eigenvalue weighted by atomic mass is 10.2. The minimum atomic E-state index is -0.374. The van der Waals surface area contributed by atoms with E-state index in [9.17, 15) is 4.79 Å². The normalized spacial score (nSPS) is 10.9. The summed E-state index contributed by atoms with van der Waals surface area (Å²) in [6.07, 6.45) is 2.00. The average molecular weight is 299 g/mol. The van der Waals surface area contributed by atoms with Crippen molar-refractivity contribution in [3.05, 3.63) is 16.5 Å². The van der Waals surface area contributed by atoms with Crippen LogP contribution in [0.2, 0.25) is 5.15 Å². The largest absolute Gasteiger partial charge is 0.368 e. The van der Waals surface area contributed by atoms with Crippen LogP contribution in [0.3, 0.4) is 0 Å². The van der Waals surface area contributed by atoms with Gasteiger partial charge in [0.15, 0.2) is 0 Å². The average Bonchev–Trinajstić information content (AvgIpc) is 2.37. The molecule has 0 radical (unpaired) electrons. The first-order valence-corrected chi connectivity index (χ1v) is 7.31. The molecule has 1 aromatic rings. The number of carbonyl (C=O) groups is 1. The lowest BCUT2D eigenvalue weighted by molar-refractivity contribution is -0.116. The highest BCUT2D eigenvalue weighted by atomic mass is 35.5. The topological polar surface area (TPSA) is 72.1 Å². The Kier molecular flexibility index (Phi) is 6.20. The van der Waals surface area contributed by atoms with E-state index in [1.165, 1.54) is 0 Å². The molecule has 0 aliphatic rings. The summed E-state index contributed by atoms with van der Waals surface area (Å²) >= 11 is 6.18. The molecule has 1 amide bonds. The molecule has 0 atom stereocenters. The summed E-state index contributed by atoms with van der Waals surface area (Å²) < 4.78 is 0. The summed E-state index contributed by atoms with van der Waals surface area (Å²) in [4.78, 5) is 22.0. The van der Waals surface area contributed by atoms with Crippen molar-refractivity contribution in [2.24, 2.45) is 5.73 Å². The van der Waals surface area contributed by atoms with Gasteiger partial charge < -0.3 is 10.6 Å². The molecule has 5 nitrogen and oxygen atoms in total. The lowest BCUT2D eigenvalue weighted by Gasteiger charge is -2.25. The number of hydrogen-bond donors (Lipinski definition) is 1. The zero-order valence-corrected chi connectivity index (χ0v) is 13.4. The summed E-state index contributed by atoms with van der Waals surface area (Å²) in [6.45, 7) is 8.85.